The molecular weight excluding hydrogens is 303 g/mol. The Morgan fingerprint density at radius 2 is 2.18 bits per heavy atom. The van der Waals surface area contributed by atoms with E-state index in [4.69, 9.17) is 17.3 Å². The number of nitrogens with one attached hydrogen (secondary N) is 1. The molecule has 1 aromatic heterocycles. The van der Waals surface area contributed by atoms with Crippen molar-refractivity contribution in [2.45, 2.75) is 23.1 Å². The number of hydrogen-bond acceptors (Lipinski definition) is 4. The number of halogens is 2. The van der Waals surface area contributed by atoms with Crippen molar-refractivity contribution in [2.75, 3.05) is 6.54 Å². The fourth-order valence-corrected chi connectivity index (χ4v) is 4.01. The predicted molar refractivity (Wildman–Crippen MR) is 72.5 cm³/mol. The van der Waals surface area contributed by atoms with E-state index >= 15 is 0 Å². The highest BCUT2D eigenvalue weighted by Gasteiger charge is 2.29. The molecule has 2 rings (SSSR count). The van der Waals surface area contributed by atoms with Crippen molar-refractivity contribution in [1.82, 2.24) is 4.72 Å². The van der Waals surface area contributed by atoms with E-state index in [1.165, 1.54) is 6.07 Å². The molecule has 1 atom stereocenters. The summed E-state index contributed by atoms with van der Waals surface area (Å²) >= 11 is 6.74. The van der Waals surface area contributed by atoms with Gasteiger partial charge in [0.05, 0.1) is 4.34 Å². The molecule has 3 N–H and O–H groups in total. The molecule has 0 radical (unpaired) electrons. The van der Waals surface area contributed by atoms with Gasteiger partial charge >= 0.3 is 0 Å². The van der Waals surface area contributed by atoms with Gasteiger partial charge < -0.3 is 5.73 Å². The molecule has 0 amide bonds. The van der Waals surface area contributed by atoms with Crippen molar-refractivity contribution in [3.8, 4) is 0 Å². The van der Waals surface area contributed by atoms with E-state index in [2.05, 4.69) is 4.72 Å². The highest BCUT2D eigenvalue weighted by atomic mass is 35.5. The van der Waals surface area contributed by atoms with Crippen LogP contribution >= 0.6 is 35.3 Å². The Hall–Kier alpha value is 0.150. The van der Waals surface area contributed by atoms with E-state index in [1.54, 1.807) is 6.07 Å². The maximum atomic E-state index is 11.8. The molecule has 1 aliphatic rings. The smallest absolute Gasteiger partial charge is 0.250 e. The molecule has 98 valence electrons. The molecule has 8 heteroatoms. The number of thiophene rings is 1. The number of nitrogens with two attached hydrogens (primary N) is 1. The molecule has 0 saturated heterocycles. The molecule has 1 aliphatic carbocycles. The molecular formula is C9H14Cl2N2O2S2. The summed E-state index contributed by atoms with van der Waals surface area (Å²) in [4.78, 5) is 0. The van der Waals surface area contributed by atoms with Gasteiger partial charge in [-0.2, -0.15) is 0 Å². The van der Waals surface area contributed by atoms with E-state index in [0.29, 0.717) is 16.8 Å². The largest absolute Gasteiger partial charge is 0.326 e. The molecule has 1 heterocycles. The Morgan fingerprint density at radius 1 is 1.53 bits per heavy atom. The van der Waals surface area contributed by atoms with Crippen LogP contribution in [0.4, 0.5) is 0 Å². The summed E-state index contributed by atoms with van der Waals surface area (Å²) in [6.07, 6.45) is 2.21. The summed E-state index contributed by atoms with van der Waals surface area (Å²) in [6.45, 7) is 0.294. The van der Waals surface area contributed by atoms with Crippen LogP contribution in [0.2, 0.25) is 4.34 Å². The van der Waals surface area contributed by atoms with Crippen molar-refractivity contribution in [3.63, 3.8) is 0 Å². The SMILES string of the molecule is Cl.NC(CNS(=O)(=O)c1ccc(Cl)s1)C1CC1. The minimum atomic E-state index is -3.44. The minimum Gasteiger partial charge on any atom is -0.326 e. The van der Waals surface area contributed by atoms with Gasteiger partial charge in [-0.25, -0.2) is 13.1 Å². The summed E-state index contributed by atoms with van der Waals surface area (Å²) < 4.78 is 26.8. The van der Waals surface area contributed by atoms with Crippen molar-refractivity contribution in [2.24, 2.45) is 11.7 Å². The summed E-state index contributed by atoms with van der Waals surface area (Å²) in [5, 5.41) is 0. The zero-order valence-electron chi connectivity index (χ0n) is 8.93. The molecule has 0 aliphatic heterocycles. The second-order valence-electron chi connectivity index (χ2n) is 3.91. The van der Waals surface area contributed by atoms with E-state index in [9.17, 15) is 8.42 Å². The number of hydrogen-bond donors (Lipinski definition) is 2. The lowest BCUT2D eigenvalue weighted by molar-refractivity contribution is 0.549. The zero-order chi connectivity index (χ0) is 11.8. The Bertz CT molecular complexity index is 471. The third kappa shape index (κ3) is 4.08. The number of sulfonamides is 1. The van der Waals surface area contributed by atoms with Crippen LogP contribution in [0.1, 0.15) is 12.8 Å². The Morgan fingerprint density at radius 3 is 2.65 bits per heavy atom. The number of rotatable bonds is 5. The highest BCUT2D eigenvalue weighted by molar-refractivity contribution is 7.91. The first-order chi connectivity index (χ1) is 7.49. The minimum absolute atomic E-state index is 0. The van der Waals surface area contributed by atoms with E-state index in [-0.39, 0.29) is 22.7 Å². The summed E-state index contributed by atoms with van der Waals surface area (Å²) in [5.41, 5.74) is 5.82. The quantitative estimate of drug-likeness (QED) is 0.870. The fraction of sp³-hybridized carbons (Fsp3) is 0.556. The van der Waals surface area contributed by atoms with Crippen molar-refractivity contribution in [3.05, 3.63) is 16.5 Å². The second kappa shape index (κ2) is 5.86. The van der Waals surface area contributed by atoms with Gasteiger partial charge in [0.2, 0.25) is 10.0 Å². The fourth-order valence-electron chi connectivity index (χ4n) is 1.41. The molecule has 0 bridgehead atoms. The molecule has 1 aromatic rings. The van der Waals surface area contributed by atoms with Gasteiger partial charge in [0.1, 0.15) is 4.21 Å². The maximum Gasteiger partial charge on any atom is 0.250 e. The predicted octanol–water partition coefficient (Wildman–Crippen LogP) is 1.84. The van der Waals surface area contributed by atoms with Crippen LogP contribution in [-0.4, -0.2) is 21.0 Å². The Balaban J connectivity index is 0.00000144. The van der Waals surface area contributed by atoms with Gasteiger partial charge in [-0.15, -0.1) is 23.7 Å². The van der Waals surface area contributed by atoms with Gasteiger partial charge in [0, 0.05) is 12.6 Å². The monoisotopic (exact) mass is 316 g/mol. The van der Waals surface area contributed by atoms with Crippen LogP contribution in [0.15, 0.2) is 16.3 Å². The Kier molecular flexibility index (Phi) is 5.24. The van der Waals surface area contributed by atoms with Crippen LogP contribution < -0.4 is 10.5 Å². The van der Waals surface area contributed by atoms with Gasteiger partial charge in [-0.05, 0) is 30.9 Å². The first-order valence-electron chi connectivity index (χ1n) is 4.99. The molecule has 17 heavy (non-hydrogen) atoms. The van der Waals surface area contributed by atoms with Gasteiger partial charge in [0.15, 0.2) is 0 Å². The van der Waals surface area contributed by atoms with Crippen LogP contribution in [0.25, 0.3) is 0 Å². The molecule has 1 saturated carbocycles. The first kappa shape index (κ1) is 15.2. The van der Waals surface area contributed by atoms with E-state index in [0.717, 1.165) is 24.2 Å². The van der Waals surface area contributed by atoms with E-state index in [1.807, 2.05) is 0 Å². The van der Waals surface area contributed by atoms with Crippen molar-refractivity contribution in [1.29, 1.82) is 0 Å². The Labute approximate surface area is 116 Å². The average Bonchev–Trinajstić information content (AvgIpc) is 2.98. The second-order valence-corrected chi connectivity index (χ2v) is 7.62. The lowest BCUT2D eigenvalue weighted by Crippen LogP contribution is -2.38. The summed E-state index contributed by atoms with van der Waals surface area (Å²) in [6, 6.07) is 2.99. The average molecular weight is 317 g/mol. The lowest BCUT2D eigenvalue weighted by Gasteiger charge is -2.10. The van der Waals surface area contributed by atoms with Crippen LogP contribution in [-0.2, 0) is 10.0 Å². The van der Waals surface area contributed by atoms with Crippen LogP contribution in [0, 0.1) is 5.92 Å². The standard InChI is InChI=1S/C9H13ClN2O2S2.ClH/c10-8-3-4-9(15-8)16(13,14)12-5-7(11)6-1-2-6;/h3-4,6-7,12H,1-2,5,11H2;1H. The molecule has 0 aromatic carbocycles. The molecule has 1 fully saturated rings. The first-order valence-corrected chi connectivity index (χ1v) is 7.67. The molecule has 1 unspecified atom stereocenters. The molecule has 0 spiro atoms. The zero-order valence-corrected chi connectivity index (χ0v) is 12.1. The topological polar surface area (TPSA) is 72.2 Å². The van der Waals surface area contributed by atoms with E-state index < -0.39 is 10.0 Å². The van der Waals surface area contributed by atoms with Gasteiger partial charge in [-0.3, -0.25) is 0 Å². The van der Waals surface area contributed by atoms with Crippen LogP contribution in [0.5, 0.6) is 0 Å². The third-order valence-corrected chi connectivity index (χ3v) is 5.70. The van der Waals surface area contributed by atoms with Gasteiger partial charge in [-0.1, -0.05) is 11.6 Å². The highest BCUT2D eigenvalue weighted by Crippen LogP contribution is 2.31. The van der Waals surface area contributed by atoms with Crippen molar-refractivity contribution < 1.29 is 8.42 Å². The molecule has 4 nitrogen and oxygen atoms in total. The van der Waals surface area contributed by atoms with Gasteiger partial charge in [0.25, 0.3) is 0 Å². The third-order valence-electron chi connectivity index (χ3n) is 2.55. The summed E-state index contributed by atoms with van der Waals surface area (Å²) in [5.74, 6) is 0.481. The van der Waals surface area contributed by atoms with Crippen molar-refractivity contribution >= 4 is 45.4 Å². The summed E-state index contributed by atoms with van der Waals surface area (Å²) in [7, 11) is -3.44. The maximum absolute atomic E-state index is 11.8. The van der Waals surface area contributed by atoms with Crippen LogP contribution in [0.3, 0.4) is 0 Å². The lowest BCUT2D eigenvalue weighted by atomic mass is 10.2. The normalized spacial score (nSPS) is 17.5.